The average Bonchev–Trinajstić information content (AvgIpc) is 2.76. The van der Waals surface area contributed by atoms with Crippen molar-refractivity contribution in [1.82, 2.24) is 9.97 Å². The van der Waals surface area contributed by atoms with Crippen molar-refractivity contribution >= 4 is 40.4 Å². The number of benzene rings is 2. The molecule has 1 unspecified atom stereocenters. The molecule has 0 aliphatic carbocycles. The summed E-state index contributed by atoms with van der Waals surface area (Å²) in [4.78, 5) is 21.0. The van der Waals surface area contributed by atoms with E-state index in [0.29, 0.717) is 33.4 Å². The number of esters is 1. The zero-order chi connectivity index (χ0) is 20.9. The maximum atomic E-state index is 12.2. The van der Waals surface area contributed by atoms with Gasteiger partial charge in [-0.1, -0.05) is 11.6 Å². The minimum absolute atomic E-state index is 0.000311. The molecule has 0 amide bonds. The van der Waals surface area contributed by atoms with E-state index in [1.54, 1.807) is 55.6 Å². The number of thioether (sulfide) groups is 1. The summed E-state index contributed by atoms with van der Waals surface area (Å²) >= 11 is 7.86. The first-order valence-electron chi connectivity index (χ1n) is 9.72. The van der Waals surface area contributed by atoms with E-state index in [2.05, 4.69) is 9.97 Å². The van der Waals surface area contributed by atoms with E-state index in [1.807, 2.05) is 11.8 Å². The summed E-state index contributed by atoms with van der Waals surface area (Å²) in [6.07, 6.45) is 2.68. The summed E-state index contributed by atoms with van der Waals surface area (Å²) in [7, 11) is 0. The summed E-state index contributed by atoms with van der Waals surface area (Å²) in [5, 5.41) is 0.608. The van der Waals surface area contributed by atoms with Gasteiger partial charge >= 0.3 is 5.97 Å². The van der Waals surface area contributed by atoms with Crippen LogP contribution in [0.2, 0.25) is 5.02 Å². The maximum absolute atomic E-state index is 12.2. The number of aromatic nitrogens is 2. The molecule has 0 spiro atoms. The SMILES string of the molecule is CC(Oc1ccc(Oc2cnc3cc(Cl)ccc3n2)cc1)C(=O)OC1CCSCC1. The molecule has 156 valence electrons. The van der Waals surface area contributed by atoms with Crippen molar-refractivity contribution in [1.29, 1.82) is 0 Å². The lowest BCUT2D eigenvalue weighted by Crippen LogP contribution is -2.31. The normalized spacial score (nSPS) is 15.5. The van der Waals surface area contributed by atoms with E-state index in [-0.39, 0.29) is 12.1 Å². The van der Waals surface area contributed by atoms with Gasteiger partial charge in [-0.25, -0.2) is 14.8 Å². The molecule has 1 aliphatic rings. The smallest absolute Gasteiger partial charge is 0.347 e. The van der Waals surface area contributed by atoms with Crippen LogP contribution in [0.5, 0.6) is 17.4 Å². The molecule has 1 aromatic heterocycles. The van der Waals surface area contributed by atoms with Crippen LogP contribution < -0.4 is 9.47 Å². The Hall–Kier alpha value is -2.51. The van der Waals surface area contributed by atoms with E-state index in [1.165, 1.54) is 0 Å². The Bertz CT molecular complexity index is 1030. The zero-order valence-corrected chi connectivity index (χ0v) is 18.0. The average molecular weight is 445 g/mol. The molecule has 0 N–H and O–H groups in total. The highest BCUT2D eigenvalue weighted by molar-refractivity contribution is 7.99. The molecule has 4 rings (SSSR count). The Balaban J connectivity index is 1.34. The highest BCUT2D eigenvalue weighted by Crippen LogP contribution is 2.25. The van der Waals surface area contributed by atoms with E-state index in [4.69, 9.17) is 25.8 Å². The van der Waals surface area contributed by atoms with Crippen molar-refractivity contribution in [2.45, 2.75) is 32.0 Å². The number of carbonyl (C=O) groups excluding carboxylic acids is 1. The van der Waals surface area contributed by atoms with E-state index in [0.717, 1.165) is 24.3 Å². The summed E-state index contributed by atoms with van der Waals surface area (Å²) < 4.78 is 17.0. The summed E-state index contributed by atoms with van der Waals surface area (Å²) in [6, 6.07) is 12.3. The quantitative estimate of drug-likeness (QED) is 0.479. The predicted molar refractivity (Wildman–Crippen MR) is 118 cm³/mol. The largest absolute Gasteiger partial charge is 0.479 e. The van der Waals surface area contributed by atoms with Crippen LogP contribution in [0.25, 0.3) is 11.0 Å². The predicted octanol–water partition coefficient (Wildman–Crippen LogP) is 5.28. The Labute approximate surface area is 183 Å². The van der Waals surface area contributed by atoms with Gasteiger partial charge in [0.1, 0.15) is 17.6 Å². The Kier molecular flexibility index (Phi) is 6.59. The van der Waals surface area contributed by atoms with Crippen molar-refractivity contribution in [3.05, 3.63) is 53.7 Å². The van der Waals surface area contributed by atoms with Crippen molar-refractivity contribution in [3.8, 4) is 17.4 Å². The minimum Gasteiger partial charge on any atom is -0.479 e. The topological polar surface area (TPSA) is 70.5 Å². The molecule has 8 heteroatoms. The van der Waals surface area contributed by atoms with Crippen LogP contribution in [-0.4, -0.2) is 39.7 Å². The molecular weight excluding hydrogens is 424 g/mol. The van der Waals surface area contributed by atoms with Crippen LogP contribution in [0.1, 0.15) is 19.8 Å². The van der Waals surface area contributed by atoms with Crippen LogP contribution >= 0.6 is 23.4 Å². The minimum atomic E-state index is -0.676. The second-order valence-electron chi connectivity index (χ2n) is 6.92. The number of hydrogen-bond donors (Lipinski definition) is 0. The van der Waals surface area contributed by atoms with Crippen LogP contribution in [-0.2, 0) is 9.53 Å². The molecule has 1 saturated heterocycles. The number of ether oxygens (including phenoxy) is 3. The Morgan fingerprint density at radius 1 is 1.10 bits per heavy atom. The lowest BCUT2D eigenvalue weighted by molar-refractivity contribution is -0.157. The monoisotopic (exact) mass is 444 g/mol. The molecule has 2 aromatic carbocycles. The van der Waals surface area contributed by atoms with Gasteiger partial charge < -0.3 is 14.2 Å². The molecule has 1 aliphatic heterocycles. The van der Waals surface area contributed by atoms with Gasteiger partial charge in [-0.2, -0.15) is 11.8 Å². The molecule has 3 aromatic rings. The molecule has 6 nitrogen and oxygen atoms in total. The lowest BCUT2D eigenvalue weighted by Gasteiger charge is -2.23. The van der Waals surface area contributed by atoms with Crippen LogP contribution in [0.15, 0.2) is 48.7 Å². The zero-order valence-electron chi connectivity index (χ0n) is 16.4. The molecular formula is C22H21ClN2O4S. The molecule has 1 atom stereocenters. The third-order valence-electron chi connectivity index (χ3n) is 4.62. The fraction of sp³-hybridized carbons (Fsp3) is 0.318. The van der Waals surface area contributed by atoms with Crippen molar-refractivity contribution in [3.63, 3.8) is 0 Å². The van der Waals surface area contributed by atoms with Gasteiger partial charge in [-0.3, -0.25) is 0 Å². The number of halogens is 1. The molecule has 2 heterocycles. The lowest BCUT2D eigenvalue weighted by atomic mass is 10.2. The molecule has 0 radical (unpaired) electrons. The standard InChI is InChI=1S/C22H21ClN2O4S/c1-14(22(26)29-18-8-10-30-11-9-18)27-16-3-5-17(6-4-16)28-21-13-24-20-12-15(23)2-7-19(20)25-21/h2-7,12-14,18H,8-11H2,1H3. The van der Waals surface area contributed by atoms with E-state index < -0.39 is 6.10 Å². The first kappa shape index (κ1) is 20.8. The first-order chi connectivity index (χ1) is 14.6. The van der Waals surface area contributed by atoms with Crippen LogP contribution in [0.3, 0.4) is 0 Å². The van der Waals surface area contributed by atoms with E-state index >= 15 is 0 Å². The van der Waals surface area contributed by atoms with Crippen molar-refractivity contribution in [2.75, 3.05) is 11.5 Å². The number of fused-ring (bicyclic) bond motifs is 1. The number of hydrogen-bond acceptors (Lipinski definition) is 7. The van der Waals surface area contributed by atoms with Crippen molar-refractivity contribution < 1.29 is 19.0 Å². The van der Waals surface area contributed by atoms with Crippen molar-refractivity contribution in [2.24, 2.45) is 0 Å². The van der Waals surface area contributed by atoms with Gasteiger partial charge in [0.25, 0.3) is 0 Å². The third kappa shape index (κ3) is 5.34. The maximum Gasteiger partial charge on any atom is 0.347 e. The first-order valence-corrected chi connectivity index (χ1v) is 11.3. The highest BCUT2D eigenvalue weighted by Gasteiger charge is 2.23. The summed E-state index contributed by atoms with van der Waals surface area (Å²) in [5.41, 5.74) is 1.40. The number of nitrogens with zero attached hydrogens (tertiary/aromatic N) is 2. The molecule has 0 saturated carbocycles. The molecule has 30 heavy (non-hydrogen) atoms. The molecule has 1 fully saturated rings. The second-order valence-corrected chi connectivity index (χ2v) is 8.58. The van der Waals surface area contributed by atoms with Crippen LogP contribution in [0, 0.1) is 0 Å². The number of carbonyl (C=O) groups is 1. The molecule has 0 bridgehead atoms. The third-order valence-corrected chi connectivity index (χ3v) is 5.91. The van der Waals surface area contributed by atoms with Gasteiger partial charge in [-0.15, -0.1) is 0 Å². The summed E-state index contributed by atoms with van der Waals surface area (Å²) in [5.74, 6) is 3.25. The van der Waals surface area contributed by atoms with Gasteiger partial charge in [0.05, 0.1) is 17.2 Å². The van der Waals surface area contributed by atoms with Gasteiger partial charge in [-0.05, 0) is 73.7 Å². The Morgan fingerprint density at radius 2 is 1.83 bits per heavy atom. The highest BCUT2D eigenvalue weighted by atomic mass is 35.5. The Morgan fingerprint density at radius 3 is 2.60 bits per heavy atom. The van der Waals surface area contributed by atoms with Gasteiger partial charge in [0.15, 0.2) is 6.10 Å². The van der Waals surface area contributed by atoms with Gasteiger partial charge in [0.2, 0.25) is 5.88 Å². The fourth-order valence-electron chi connectivity index (χ4n) is 3.03. The second kappa shape index (κ2) is 9.53. The summed E-state index contributed by atoms with van der Waals surface area (Å²) in [6.45, 7) is 1.70. The fourth-order valence-corrected chi connectivity index (χ4v) is 4.26. The number of rotatable bonds is 6. The van der Waals surface area contributed by atoms with Gasteiger partial charge in [0, 0.05) is 5.02 Å². The van der Waals surface area contributed by atoms with Crippen LogP contribution in [0.4, 0.5) is 0 Å². The van der Waals surface area contributed by atoms with E-state index in [9.17, 15) is 4.79 Å².